The minimum Gasteiger partial charge on any atom is -0.455 e. The van der Waals surface area contributed by atoms with Crippen molar-refractivity contribution in [2.75, 3.05) is 0 Å². The van der Waals surface area contributed by atoms with Crippen LogP contribution >= 0.6 is 0 Å². The number of rotatable bonds is 6. The van der Waals surface area contributed by atoms with Crippen LogP contribution in [0, 0.1) is 17.9 Å². The minimum absolute atomic E-state index is 0.547. The van der Waals surface area contributed by atoms with Gasteiger partial charge in [-0.25, -0.2) is 19.8 Å². The molecule has 0 aliphatic rings. The molecule has 2 aromatic heterocycles. The summed E-state index contributed by atoms with van der Waals surface area (Å²) in [4.78, 5) is 18.5. The Labute approximate surface area is 305 Å². The Balaban J connectivity index is 1.25. The first-order chi connectivity index (χ1) is 26.1. The van der Waals surface area contributed by atoms with Gasteiger partial charge < -0.3 is 4.42 Å². The van der Waals surface area contributed by atoms with Crippen molar-refractivity contribution in [3.63, 3.8) is 0 Å². The highest BCUT2D eigenvalue weighted by molar-refractivity contribution is 6.16. The smallest absolute Gasteiger partial charge is 0.187 e. The van der Waals surface area contributed by atoms with E-state index in [9.17, 15) is 5.26 Å². The summed E-state index contributed by atoms with van der Waals surface area (Å²) >= 11 is 0. The molecule has 0 bridgehead atoms. The molecule has 2 heterocycles. The molecule has 0 saturated heterocycles. The zero-order valence-corrected chi connectivity index (χ0v) is 28.2. The third kappa shape index (κ3) is 5.87. The summed E-state index contributed by atoms with van der Waals surface area (Å²) in [6, 6.07) is 56.0. The molecule has 0 fully saturated rings. The Morgan fingerprint density at radius 2 is 1.08 bits per heavy atom. The maximum Gasteiger partial charge on any atom is 0.187 e. The molecule has 6 heteroatoms. The lowest BCUT2D eigenvalue weighted by Gasteiger charge is -2.11. The van der Waals surface area contributed by atoms with Gasteiger partial charge in [-0.3, -0.25) is 0 Å². The lowest BCUT2D eigenvalue weighted by atomic mass is 9.92. The molecule has 0 atom stereocenters. The standard InChI is InChI=1S/C47H27N5O/c1-49-38-21-10-19-35(26-38)40-27-37(33-17-8-12-30(24-33)29-48)28-41-43-39(22-11-23-42(43)53-44(40)41)34-18-9-20-36(25-34)47-51-45(31-13-4-2-5-14-31)50-46(52-47)32-15-6-3-7-16-32/h2-28H. The number of hydrogen-bond donors (Lipinski definition) is 0. The van der Waals surface area contributed by atoms with Crippen molar-refractivity contribution in [1.82, 2.24) is 15.0 Å². The molecule has 0 amide bonds. The first-order valence-electron chi connectivity index (χ1n) is 17.1. The van der Waals surface area contributed by atoms with Crippen molar-refractivity contribution in [3.8, 4) is 73.6 Å². The van der Waals surface area contributed by atoms with Crippen LogP contribution in [0.4, 0.5) is 5.69 Å². The number of furan rings is 1. The third-order valence-electron chi connectivity index (χ3n) is 9.34. The van der Waals surface area contributed by atoms with Crippen LogP contribution in [0.3, 0.4) is 0 Å². The second-order valence-corrected chi connectivity index (χ2v) is 12.7. The molecule has 0 unspecified atom stereocenters. The first-order valence-corrected chi connectivity index (χ1v) is 17.1. The van der Waals surface area contributed by atoms with Gasteiger partial charge in [-0.1, -0.05) is 121 Å². The van der Waals surface area contributed by atoms with E-state index in [2.05, 4.69) is 41.2 Å². The molecule has 0 spiro atoms. The summed E-state index contributed by atoms with van der Waals surface area (Å²) in [5, 5.41) is 11.6. The molecule has 0 radical (unpaired) electrons. The van der Waals surface area contributed by atoms with Crippen molar-refractivity contribution in [2.45, 2.75) is 0 Å². The van der Waals surface area contributed by atoms with E-state index in [0.717, 1.165) is 72.0 Å². The largest absolute Gasteiger partial charge is 0.455 e. The van der Waals surface area contributed by atoms with Crippen LogP contribution < -0.4 is 0 Å². The van der Waals surface area contributed by atoms with E-state index >= 15 is 0 Å². The zero-order chi connectivity index (χ0) is 35.7. The van der Waals surface area contributed by atoms with E-state index in [-0.39, 0.29) is 0 Å². The molecule has 0 saturated carbocycles. The SMILES string of the molecule is [C-]#[N+]c1cccc(-c2cc(-c3cccc(C#N)c3)cc3c2oc2cccc(-c4cccc(-c5nc(-c6ccccc6)nc(-c6ccccc6)n5)c4)c23)c1. The molecule has 0 N–H and O–H groups in total. The second-order valence-electron chi connectivity index (χ2n) is 12.7. The van der Waals surface area contributed by atoms with Crippen LogP contribution in [0.1, 0.15) is 5.56 Å². The fourth-order valence-corrected chi connectivity index (χ4v) is 6.82. The number of nitrogens with zero attached hydrogens (tertiary/aromatic N) is 5. The van der Waals surface area contributed by atoms with Crippen molar-refractivity contribution in [1.29, 1.82) is 5.26 Å². The third-order valence-corrected chi connectivity index (χ3v) is 9.34. The molecule has 9 rings (SSSR count). The van der Waals surface area contributed by atoms with E-state index < -0.39 is 0 Å². The topological polar surface area (TPSA) is 80.0 Å². The zero-order valence-electron chi connectivity index (χ0n) is 28.2. The maximum atomic E-state index is 9.69. The van der Waals surface area contributed by atoms with Gasteiger partial charge >= 0.3 is 0 Å². The van der Waals surface area contributed by atoms with Crippen LogP contribution in [0.2, 0.25) is 0 Å². The minimum atomic E-state index is 0.547. The quantitative estimate of drug-likeness (QED) is 0.164. The molecule has 0 aliphatic heterocycles. The van der Waals surface area contributed by atoms with Gasteiger partial charge in [0.15, 0.2) is 23.2 Å². The van der Waals surface area contributed by atoms with Crippen molar-refractivity contribution in [2.24, 2.45) is 0 Å². The molecule has 6 nitrogen and oxygen atoms in total. The Kier molecular flexibility index (Phi) is 7.82. The van der Waals surface area contributed by atoms with Crippen LogP contribution in [-0.2, 0) is 0 Å². The molecule has 9 aromatic rings. The fourth-order valence-electron chi connectivity index (χ4n) is 6.82. The molecule has 246 valence electrons. The number of fused-ring (bicyclic) bond motifs is 3. The highest BCUT2D eigenvalue weighted by Crippen LogP contribution is 2.44. The molecule has 53 heavy (non-hydrogen) atoms. The monoisotopic (exact) mass is 677 g/mol. The van der Waals surface area contributed by atoms with Gasteiger partial charge in [0.25, 0.3) is 0 Å². The molecular weight excluding hydrogens is 651 g/mol. The van der Waals surface area contributed by atoms with Crippen LogP contribution in [0.5, 0.6) is 0 Å². The summed E-state index contributed by atoms with van der Waals surface area (Å²) in [7, 11) is 0. The Bertz CT molecular complexity index is 2860. The summed E-state index contributed by atoms with van der Waals surface area (Å²) in [5.74, 6) is 1.78. The highest BCUT2D eigenvalue weighted by Gasteiger charge is 2.20. The van der Waals surface area contributed by atoms with Crippen molar-refractivity contribution < 1.29 is 4.42 Å². The maximum absolute atomic E-state index is 9.69. The summed E-state index contributed by atoms with van der Waals surface area (Å²) in [5.41, 5.74) is 10.8. The Morgan fingerprint density at radius 1 is 0.491 bits per heavy atom. The van der Waals surface area contributed by atoms with E-state index in [1.807, 2.05) is 121 Å². The number of benzene rings is 7. The summed E-state index contributed by atoms with van der Waals surface area (Å²) < 4.78 is 6.69. The normalized spacial score (nSPS) is 11.0. The first kappa shape index (κ1) is 31.3. The van der Waals surface area contributed by atoms with E-state index in [1.165, 1.54) is 0 Å². The van der Waals surface area contributed by atoms with E-state index in [1.54, 1.807) is 12.1 Å². The van der Waals surface area contributed by atoms with Gasteiger partial charge in [0, 0.05) is 33.0 Å². The van der Waals surface area contributed by atoms with Gasteiger partial charge in [-0.2, -0.15) is 5.26 Å². The lowest BCUT2D eigenvalue weighted by molar-refractivity contribution is 0.670. The Morgan fingerprint density at radius 3 is 1.77 bits per heavy atom. The number of aromatic nitrogens is 3. The lowest BCUT2D eigenvalue weighted by Crippen LogP contribution is -2.00. The molecule has 0 aliphatic carbocycles. The van der Waals surface area contributed by atoms with Crippen molar-refractivity contribution in [3.05, 3.63) is 181 Å². The predicted octanol–water partition coefficient (Wildman–Crippen LogP) is 12.2. The van der Waals surface area contributed by atoms with Crippen molar-refractivity contribution >= 4 is 27.6 Å². The van der Waals surface area contributed by atoms with Crippen LogP contribution in [-0.4, -0.2) is 15.0 Å². The van der Waals surface area contributed by atoms with Gasteiger partial charge in [-0.05, 0) is 70.3 Å². The number of nitriles is 1. The van der Waals surface area contributed by atoms with Gasteiger partial charge in [0.05, 0.1) is 18.2 Å². The average molecular weight is 678 g/mol. The van der Waals surface area contributed by atoms with Crippen LogP contribution in [0.15, 0.2) is 168 Å². The number of hydrogen-bond acceptors (Lipinski definition) is 5. The van der Waals surface area contributed by atoms with E-state index in [0.29, 0.717) is 28.7 Å². The van der Waals surface area contributed by atoms with Gasteiger partial charge in [-0.15, -0.1) is 0 Å². The summed E-state index contributed by atoms with van der Waals surface area (Å²) in [6.45, 7) is 7.65. The fraction of sp³-hybridized carbons (Fsp3) is 0. The highest BCUT2D eigenvalue weighted by atomic mass is 16.3. The molecular formula is C47H27N5O. The van der Waals surface area contributed by atoms with Gasteiger partial charge in [0.1, 0.15) is 11.2 Å². The molecule has 7 aromatic carbocycles. The predicted molar refractivity (Wildman–Crippen MR) is 211 cm³/mol. The van der Waals surface area contributed by atoms with E-state index in [4.69, 9.17) is 25.9 Å². The van der Waals surface area contributed by atoms with Gasteiger partial charge in [0.2, 0.25) is 0 Å². The van der Waals surface area contributed by atoms with Crippen LogP contribution in [0.25, 0.3) is 94.3 Å². The summed E-state index contributed by atoms with van der Waals surface area (Å²) in [6.07, 6.45) is 0. The average Bonchev–Trinajstić information content (AvgIpc) is 3.63. The second kappa shape index (κ2) is 13.2. The Hall–Kier alpha value is -7.67.